The Bertz CT molecular complexity index is 374. The van der Waals surface area contributed by atoms with Gasteiger partial charge in [-0.2, -0.15) is 0 Å². The molecule has 0 unspecified atom stereocenters. The summed E-state index contributed by atoms with van der Waals surface area (Å²) in [4.78, 5) is 15.0. The standard InChI is InChI=1S/C10H9NO2/c1-3-4-9-7-8(5-6-11-9)10(12)13-2/h5-7H,1-2H3. The molecule has 0 N–H and O–H groups in total. The Labute approximate surface area is 76.8 Å². The molecule has 13 heavy (non-hydrogen) atoms. The van der Waals surface area contributed by atoms with Gasteiger partial charge in [-0.1, -0.05) is 5.92 Å². The molecule has 0 aliphatic rings. The van der Waals surface area contributed by atoms with Crippen LogP contribution in [0.5, 0.6) is 0 Å². The summed E-state index contributed by atoms with van der Waals surface area (Å²) in [6.07, 6.45) is 1.53. The summed E-state index contributed by atoms with van der Waals surface area (Å²) in [6.45, 7) is 1.71. The van der Waals surface area contributed by atoms with E-state index in [-0.39, 0.29) is 5.97 Å². The van der Waals surface area contributed by atoms with E-state index in [0.29, 0.717) is 11.3 Å². The zero-order valence-electron chi connectivity index (χ0n) is 7.50. The fraction of sp³-hybridized carbons (Fsp3) is 0.200. The van der Waals surface area contributed by atoms with Gasteiger partial charge < -0.3 is 4.74 Å². The van der Waals surface area contributed by atoms with Gasteiger partial charge in [-0.05, 0) is 25.0 Å². The van der Waals surface area contributed by atoms with Crippen molar-refractivity contribution in [2.45, 2.75) is 6.92 Å². The molecular weight excluding hydrogens is 166 g/mol. The molecule has 1 aromatic heterocycles. The molecule has 3 heteroatoms. The second-order valence-electron chi connectivity index (χ2n) is 2.30. The summed E-state index contributed by atoms with van der Waals surface area (Å²) >= 11 is 0. The zero-order valence-corrected chi connectivity index (χ0v) is 7.50. The number of carbonyl (C=O) groups excluding carboxylic acids is 1. The van der Waals surface area contributed by atoms with Crippen molar-refractivity contribution < 1.29 is 9.53 Å². The van der Waals surface area contributed by atoms with E-state index in [9.17, 15) is 4.79 Å². The second kappa shape index (κ2) is 4.27. The zero-order chi connectivity index (χ0) is 9.68. The third kappa shape index (κ3) is 2.31. The molecule has 1 aromatic rings. The predicted octanol–water partition coefficient (Wildman–Crippen LogP) is 1.24. The van der Waals surface area contributed by atoms with E-state index in [1.807, 2.05) is 0 Å². The molecule has 0 atom stereocenters. The largest absolute Gasteiger partial charge is 0.465 e. The molecule has 0 amide bonds. The van der Waals surface area contributed by atoms with Crippen molar-refractivity contribution in [1.29, 1.82) is 0 Å². The van der Waals surface area contributed by atoms with Crippen LogP contribution in [-0.4, -0.2) is 18.1 Å². The molecule has 0 saturated carbocycles. The Morgan fingerprint density at radius 3 is 3.00 bits per heavy atom. The fourth-order valence-electron chi connectivity index (χ4n) is 0.872. The number of ether oxygens (including phenoxy) is 1. The van der Waals surface area contributed by atoms with Crippen molar-refractivity contribution in [3.05, 3.63) is 29.6 Å². The highest BCUT2D eigenvalue weighted by atomic mass is 16.5. The molecule has 1 heterocycles. The van der Waals surface area contributed by atoms with Crippen molar-refractivity contribution in [2.75, 3.05) is 7.11 Å². The lowest BCUT2D eigenvalue weighted by atomic mass is 10.2. The van der Waals surface area contributed by atoms with Crippen LogP contribution >= 0.6 is 0 Å². The Morgan fingerprint density at radius 2 is 2.38 bits per heavy atom. The van der Waals surface area contributed by atoms with Crippen LogP contribution in [0.3, 0.4) is 0 Å². The number of aromatic nitrogens is 1. The number of hydrogen-bond donors (Lipinski definition) is 0. The van der Waals surface area contributed by atoms with Crippen molar-refractivity contribution in [2.24, 2.45) is 0 Å². The summed E-state index contributed by atoms with van der Waals surface area (Å²) in [5.74, 6) is 5.09. The number of rotatable bonds is 1. The smallest absolute Gasteiger partial charge is 0.338 e. The fourth-order valence-corrected chi connectivity index (χ4v) is 0.872. The van der Waals surface area contributed by atoms with Crippen LogP contribution in [0.4, 0.5) is 0 Å². The molecule has 0 aliphatic carbocycles. The van der Waals surface area contributed by atoms with Crippen LogP contribution in [0.1, 0.15) is 23.0 Å². The highest BCUT2D eigenvalue weighted by Crippen LogP contribution is 2.02. The lowest BCUT2D eigenvalue weighted by Gasteiger charge is -1.97. The van der Waals surface area contributed by atoms with E-state index < -0.39 is 0 Å². The first-order chi connectivity index (χ1) is 6.27. The molecule has 0 fully saturated rings. The third-order valence-corrected chi connectivity index (χ3v) is 1.43. The summed E-state index contributed by atoms with van der Waals surface area (Å²) in [5, 5.41) is 0. The molecule has 0 spiro atoms. The van der Waals surface area contributed by atoms with Gasteiger partial charge >= 0.3 is 5.97 Å². The molecule has 0 aromatic carbocycles. The summed E-state index contributed by atoms with van der Waals surface area (Å²) < 4.78 is 4.55. The van der Waals surface area contributed by atoms with E-state index in [1.165, 1.54) is 13.3 Å². The van der Waals surface area contributed by atoms with Crippen molar-refractivity contribution in [3.63, 3.8) is 0 Å². The number of nitrogens with zero attached hydrogens (tertiary/aromatic N) is 1. The maximum Gasteiger partial charge on any atom is 0.338 e. The maximum atomic E-state index is 11.1. The molecule has 3 nitrogen and oxygen atoms in total. The summed E-state index contributed by atoms with van der Waals surface area (Å²) in [6, 6.07) is 3.19. The topological polar surface area (TPSA) is 39.2 Å². The molecule has 0 saturated heterocycles. The van der Waals surface area contributed by atoms with Crippen LogP contribution in [-0.2, 0) is 4.74 Å². The number of pyridine rings is 1. The van der Waals surface area contributed by atoms with Gasteiger partial charge in [-0.25, -0.2) is 9.78 Å². The molecule has 0 radical (unpaired) electrons. The molecule has 0 aliphatic heterocycles. The van der Waals surface area contributed by atoms with Crippen LogP contribution < -0.4 is 0 Å². The average molecular weight is 175 g/mol. The first kappa shape index (κ1) is 9.27. The highest BCUT2D eigenvalue weighted by Gasteiger charge is 2.04. The Hall–Kier alpha value is -1.82. The minimum absolute atomic E-state index is 0.374. The quantitative estimate of drug-likeness (QED) is 0.476. The lowest BCUT2D eigenvalue weighted by Crippen LogP contribution is -2.01. The molecule has 0 bridgehead atoms. The number of esters is 1. The number of carbonyl (C=O) groups is 1. The third-order valence-electron chi connectivity index (χ3n) is 1.43. The first-order valence-electron chi connectivity index (χ1n) is 3.75. The minimum atomic E-state index is -0.374. The van der Waals surface area contributed by atoms with Crippen LogP contribution in [0.2, 0.25) is 0 Å². The van der Waals surface area contributed by atoms with Gasteiger partial charge in [0.1, 0.15) is 5.69 Å². The van der Waals surface area contributed by atoms with Gasteiger partial charge in [-0.15, -0.1) is 0 Å². The van der Waals surface area contributed by atoms with Gasteiger partial charge in [0.15, 0.2) is 0 Å². The van der Waals surface area contributed by atoms with E-state index in [0.717, 1.165) is 0 Å². The Balaban J connectivity index is 3.02. The maximum absolute atomic E-state index is 11.1. The average Bonchev–Trinajstić information content (AvgIpc) is 2.18. The van der Waals surface area contributed by atoms with Gasteiger partial charge in [0, 0.05) is 6.20 Å². The number of hydrogen-bond acceptors (Lipinski definition) is 3. The molecule has 1 rings (SSSR count). The van der Waals surface area contributed by atoms with Crippen molar-refractivity contribution in [1.82, 2.24) is 4.98 Å². The van der Waals surface area contributed by atoms with Crippen LogP contribution in [0.25, 0.3) is 0 Å². The summed E-state index contributed by atoms with van der Waals surface area (Å²) in [7, 11) is 1.34. The van der Waals surface area contributed by atoms with Crippen LogP contribution in [0.15, 0.2) is 18.3 Å². The van der Waals surface area contributed by atoms with Gasteiger partial charge in [0.05, 0.1) is 12.7 Å². The minimum Gasteiger partial charge on any atom is -0.465 e. The van der Waals surface area contributed by atoms with Gasteiger partial charge in [0.25, 0.3) is 0 Å². The van der Waals surface area contributed by atoms with E-state index in [4.69, 9.17) is 0 Å². The Morgan fingerprint density at radius 1 is 1.62 bits per heavy atom. The predicted molar refractivity (Wildman–Crippen MR) is 48.1 cm³/mol. The highest BCUT2D eigenvalue weighted by molar-refractivity contribution is 5.89. The second-order valence-corrected chi connectivity index (χ2v) is 2.30. The molecule has 66 valence electrons. The van der Waals surface area contributed by atoms with Crippen molar-refractivity contribution in [3.8, 4) is 11.8 Å². The molecular formula is C10H9NO2. The van der Waals surface area contributed by atoms with E-state index in [2.05, 4.69) is 21.6 Å². The SMILES string of the molecule is CC#Cc1cc(C(=O)OC)ccn1. The van der Waals surface area contributed by atoms with Crippen molar-refractivity contribution >= 4 is 5.97 Å². The van der Waals surface area contributed by atoms with Gasteiger partial charge in [0.2, 0.25) is 0 Å². The summed E-state index contributed by atoms with van der Waals surface area (Å²) in [5.41, 5.74) is 1.04. The van der Waals surface area contributed by atoms with E-state index >= 15 is 0 Å². The van der Waals surface area contributed by atoms with Crippen LogP contribution in [0, 0.1) is 11.8 Å². The number of methoxy groups -OCH3 is 1. The van der Waals surface area contributed by atoms with Gasteiger partial charge in [-0.3, -0.25) is 0 Å². The monoisotopic (exact) mass is 175 g/mol. The van der Waals surface area contributed by atoms with E-state index in [1.54, 1.807) is 19.1 Å². The Kier molecular flexibility index (Phi) is 3.04. The first-order valence-corrected chi connectivity index (χ1v) is 3.75. The normalized spacial score (nSPS) is 8.46. The lowest BCUT2D eigenvalue weighted by molar-refractivity contribution is 0.0600.